The van der Waals surface area contributed by atoms with Crippen LogP contribution in [0.2, 0.25) is 0 Å². The Morgan fingerprint density at radius 1 is 1.20 bits per heavy atom. The van der Waals surface area contributed by atoms with Gasteiger partial charge in [0.2, 0.25) is 0 Å². The molecule has 1 aromatic heterocycles. The van der Waals surface area contributed by atoms with Gasteiger partial charge in [-0.1, -0.05) is 12.1 Å². The molecule has 0 aliphatic carbocycles. The van der Waals surface area contributed by atoms with Gasteiger partial charge in [-0.15, -0.1) is 0 Å². The van der Waals surface area contributed by atoms with E-state index in [0.717, 1.165) is 11.1 Å². The van der Waals surface area contributed by atoms with Crippen LogP contribution in [0.15, 0.2) is 57.8 Å². The highest BCUT2D eigenvalue weighted by atomic mass is 32.2. The predicted molar refractivity (Wildman–Crippen MR) is 95.6 cm³/mol. The highest BCUT2D eigenvalue weighted by Crippen LogP contribution is 2.24. The van der Waals surface area contributed by atoms with Gasteiger partial charge < -0.3 is 9.32 Å². The van der Waals surface area contributed by atoms with Crippen LogP contribution < -0.4 is 9.62 Å². The molecule has 126 valence electrons. The lowest BCUT2D eigenvalue weighted by Crippen LogP contribution is -2.25. The fourth-order valence-electron chi connectivity index (χ4n) is 2.32. The summed E-state index contributed by atoms with van der Waals surface area (Å²) < 4.78 is 20.3. The van der Waals surface area contributed by atoms with Crippen LogP contribution in [-0.4, -0.2) is 24.2 Å². The fourth-order valence-corrected chi connectivity index (χ4v) is 3.21. The third-order valence-electron chi connectivity index (χ3n) is 3.64. The van der Waals surface area contributed by atoms with Crippen LogP contribution in [0.3, 0.4) is 0 Å². The van der Waals surface area contributed by atoms with Gasteiger partial charge in [-0.05, 0) is 30.3 Å². The van der Waals surface area contributed by atoms with Crippen LogP contribution in [0.4, 0.5) is 5.69 Å². The molecule has 0 saturated heterocycles. The van der Waals surface area contributed by atoms with Gasteiger partial charge in [0.25, 0.3) is 5.91 Å². The smallest absolute Gasteiger partial charge is 0.298 e. The largest absolute Gasteiger partial charge is 0.451 e. The van der Waals surface area contributed by atoms with Crippen LogP contribution in [0, 0.1) is 11.3 Å². The maximum absolute atomic E-state index is 12.3. The van der Waals surface area contributed by atoms with Gasteiger partial charge in [-0.25, -0.2) is 4.21 Å². The lowest BCUT2D eigenvalue weighted by atomic mass is 10.2. The Bertz CT molecular complexity index is 1020. The van der Waals surface area contributed by atoms with E-state index in [4.69, 9.17) is 9.68 Å². The van der Waals surface area contributed by atoms with Crippen molar-refractivity contribution in [3.63, 3.8) is 0 Å². The number of rotatable bonds is 4. The minimum absolute atomic E-state index is 0.0636. The Morgan fingerprint density at radius 2 is 1.96 bits per heavy atom. The molecule has 1 amide bonds. The van der Waals surface area contributed by atoms with Crippen molar-refractivity contribution >= 4 is 33.5 Å². The van der Waals surface area contributed by atoms with Gasteiger partial charge in [0.1, 0.15) is 11.7 Å². The van der Waals surface area contributed by atoms with E-state index in [1.165, 1.54) is 6.07 Å². The first-order chi connectivity index (χ1) is 12.0. The van der Waals surface area contributed by atoms with E-state index in [1.807, 2.05) is 43.3 Å². The molecular formula is C18H15N3O3S. The number of anilines is 1. The summed E-state index contributed by atoms with van der Waals surface area (Å²) in [7, 11) is 1.97. The third kappa shape index (κ3) is 3.39. The van der Waals surface area contributed by atoms with Gasteiger partial charge in [-0.2, -0.15) is 5.26 Å². The van der Waals surface area contributed by atoms with E-state index in [9.17, 15) is 9.00 Å². The lowest BCUT2D eigenvalue weighted by molar-refractivity contribution is 0.0958. The van der Waals surface area contributed by atoms with Crippen LogP contribution in [0.25, 0.3) is 11.0 Å². The van der Waals surface area contributed by atoms with Gasteiger partial charge in [0, 0.05) is 31.2 Å². The molecule has 0 aliphatic heterocycles. The van der Waals surface area contributed by atoms with Crippen molar-refractivity contribution in [3.8, 4) is 6.07 Å². The summed E-state index contributed by atoms with van der Waals surface area (Å²) >= 11 is 0. The molecule has 25 heavy (non-hydrogen) atoms. The van der Waals surface area contributed by atoms with Crippen molar-refractivity contribution in [2.45, 2.75) is 4.90 Å². The highest BCUT2D eigenvalue weighted by Gasteiger charge is 2.17. The minimum atomic E-state index is -1.85. The SMILES string of the molecule is CN(C)c1ccc2cc(C(=O)NS(=O)c3ccccc3C#N)oc2c1. The quantitative estimate of drug-likeness (QED) is 0.779. The van der Waals surface area contributed by atoms with Crippen molar-refractivity contribution in [3.05, 3.63) is 59.9 Å². The Balaban J connectivity index is 1.85. The zero-order valence-electron chi connectivity index (χ0n) is 13.6. The Kier molecular flexibility index (Phi) is 4.55. The Hall–Kier alpha value is -3.11. The van der Waals surface area contributed by atoms with Crippen molar-refractivity contribution < 1.29 is 13.4 Å². The average molecular weight is 353 g/mol. The third-order valence-corrected chi connectivity index (χ3v) is 4.76. The van der Waals surface area contributed by atoms with Crippen LogP contribution in [0.5, 0.6) is 0 Å². The van der Waals surface area contributed by atoms with E-state index < -0.39 is 16.9 Å². The number of furan rings is 1. The zero-order chi connectivity index (χ0) is 18.0. The number of nitriles is 1. The van der Waals surface area contributed by atoms with Gasteiger partial charge in [0.05, 0.1) is 10.5 Å². The molecule has 0 radical (unpaired) electrons. The standard InChI is InChI=1S/C18H15N3O3S/c1-21(2)14-8-7-12-9-16(24-15(12)10-14)18(22)20-25(23)17-6-4-3-5-13(17)11-19/h3-10H,1-2H3,(H,20,22). The minimum Gasteiger partial charge on any atom is -0.451 e. The second-order valence-electron chi connectivity index (χ2n) is 5.54. The Labute approximate surface area is 147 Å². The number of carbonyl (C=O) groups excluding carboxylic acids is 1. The van der Waals surface area contributed by atoms with Crippen molar-refractivity contribution in [1.29, 1.82) is 5.26 Å². The monoisotopic (exact) mass is 353 g/mol. The number of carbonyl (C=O) groups is 1. The van der Waals surface area contributed by atoms with E-state index >= 15 is 0 Å². The summed E-state index contributed by atoms with van der Waals surface area (Å²) in [6.07, 6.45) is 0. The molecular weight excluding hydrogens is 338 g/mol. The summed E-state index contributed by atoms with van der Waals surface area (Å²) in [6, 6.07) is 15.6. The first-order valence-corrected chi connectivity index (χ1v) is 8.57. The maximum atomic E-state index is 12.3. The van der Waals surface area contributed by atoms with Crippen molar-refractivity contribution in [1.82, 2.24) is 4.72 Å². The van der Waals surface area contributed by atoms with E-state index in [1.54, 1.807) is 24.3 Å². The van der Waals surface area contributed by atoms with Gasteiger partial charge in [-0.3, -0.25) is 9.52 Å². The second kappa shape index (κ2) is 6.79. The summed E-state index contributed by atoms with van der Waals surface area (Å²) in [4.78, 5) is 14.5. The average Bonchev–Trinajstić information content (AvgIpc) is 3.04. The second-order valence-corrected chi connectivity index (χ2v) is 6.72. The van der Waals surface area contributed by atoms with E-state index in [0.29, 0.717) is 5.58 Å². The molecule has 1 atom stereocenters. The zero-order valence-corrected chi connectivity index (χ0v) is 14.5. The molecule has 1 heterocycles. The molecule has 7 heteroatoms. The summed E-state index contributed by atoms with van der Waals surface area (Å²) in [6.45, 7) is 0. The Morgan fingerprint density at radius 3 is 2.68 bits per heavy atom. The number of hydrogen-bond donors (Lipinski definition) is 1. The van der Waals surface area contributed by atoms with Gasteiger partial charge >= 0.3 is 0 Å². The fraction of sp³-hybridized carbons (Fsp3) is 0.111. The molecule has 6 nitrogen and oxygen atoms in total. The molecule has 2 aromatic carbocycles. The van der Waals surface area contributed by atoms with E-state index in [-0.39, 0.29) is 16.2 Å². The molecule has 0 aliphatic rings. The number of amides is 1. The molecule has 0 spiro atoms. The summed E-state index contributed by atoms with van der Waals surface area (Å²) in [5.41, 5.74) is 1.77. The number of hydrogen-bond acceptors (Lipinski definition) is 5. The molecule has 0 fully saturated rings. The number of nitrogens with one attached hydrogen (secondary N) is 1. The number of nitrogens with zero attached hydrogens (tertiary/aromatic N) is 2. The first kappa shape index (κ1) is 16.7. The molecule has 3 rings (SSSR count). The normalized spacial score (nSPS) is 11.7. The van der Waals surface area contributed by atoms with Gasteiger partial charge in [0.15, 0.2) is 16.7 Å². The highest BCUT2D eigenvalue weighted by molar-refractivity contribution is 7.83. The van der Waals surface area contributed by atoms with Crippen LogP contribution in [-0.2, 0) is 11.0 Å². The van der Waals surface area contributed by atoms with Crippen LogP contribution >= 0.6 is 0 Å². The van der Waals surface area contributed by atoms with Crippen molar-refractivity contribution in [2.24, 2.45) is 0 Å². The van der Waals surface area contributed by atoms with Crippen molar-refractivity contribution in [2.75, 3.05) is 19.0 Å². The summed E-state index contributed by atoms with van der Waals surface area (Å²) in [5, 5.41) is 9.84. The maximum Gasteiger partial charge on any atom is 0.298 e. The number of benzene rings is 2. The first-order valence-electron chi connectivity index (χ1n) is 7.42. The topological polar surface area (TPSA) is 86.3 Å². The van der Waals surface area contributed by atoms with E-state index in [2.05, 4.69) is 4.72 Å². The molecule has 0 saturated carbocycles. The molecule has 0 bridgehead atoms. The summed E-state index contributed by atoms with van der Waals surface area (Å²) in [5.74, 6) is -0.539. The molecule has 1 N–H and O–H groups in total. The van der Waals surface area contributed by atoms with Crippen LogP contribution in [0.1, 0.15) is 16.1 Å². The number of fused-ring (bicyclic) bond motifs is 1. The lowest BCUT2D eigenvalue weighted by Gasteiger charge is -2.11. The molecule has 3 aromatic rings. The predicted octanol–water partition coefficient (Wildman–Crippen LogP) is 2.82. The molecule has 1 unspecified atom stereocenters.